The summed E-state index contributed by atoms with van der Waals surface area (Å²) in [6.45, 7) is 7.56. The van der Waals surface area contributed by atoms with E-state index >= 15 is 0 Å². The second kappa shape index (κ2) is 9.75. The molecule has 3 atom stereocenters. The maximum absolute atomic E-state index is 12.7. The maximum Gasteiger partial charge on any atom is 0.240 e. The van der Waals surface area contributed by atoms with Crippen LogP contribution in [0, 0.1) is 0 Å². The number of carbonyl (C=O) groups is 1. The molecule has 162 valence electrons. The number of amides is 1. The van der Waals surface area contributed by atoms with Gasteiger partial charge in [-0.15, -0.1) is 0 Å². The predicted octanol–water partition coefficient (Wildman–Crippen LogP) is 2.11. The number of sulfonamides is 1. The first-order valence-electron chi connectivity index (χ1n) is 10.2. The lowest BCUT2D eigenvalue weighted by atomic mass is 10.1. The van der Waals surface area contributed by atoms with Crippen LogP contribution in [0.2, 0.25) is 5.02 Å². The standard InChI is InChI=1S/C20H30ClN3O4S/c1-15-12-23(13-16(2)28-15)14-18-6-4-10-24(18)20(25)8-9-22-29(26,27)19-7-3-5-17(21)11-19/h3,5,7,11,15-16,18,22H,4,6,8-10,12-14H2,1-2H3/t15-,16+,18-/m1/s1. The molecule has 2 saturated heterocycles. The van der Waals surface area contributed by atoms with Crippen LogP contribution in [0.1, 0.15) is 33.1 Å². The lowest BCUT2D eigenvalue weighted by molar-refractivity contribution is -0.132. The Morgan fingerprint density at radius 2 is 2.00 bits per heavy atom. The Balaban J connectivity index is 1.50. The van der Waals surface area contributed by atoms with Gasteiger partial charge in [-0.2, -0.15) is 0 Å². The highest BCUT2D eigenvalue weighted by Crippen LogP contribution is 2.21. The number of carbonyl (C=O) groups excluding carboxylic acids is 1. The summed E-state index contributed by atoms with van der Waals surface area (Å²) < 4.78 is 33.0. The molecule has 0 aliphatic carbocycles. The van der Waals surface area contributed by atoms with Gasteiger partial charge >= 0.3 is 0 Å². The number of rotatable bonds is 7. The van der Waals surface area contributed by atoms with Crippen LogP contribution in [0.15, 0.2) is 29.2 Å². The highest BCUT2D eigenvalue weighted by molar-refractivity contribution is 7.89. The van der Waals surface area contributed by atoms with Gasteiger partial charge in [0.25, 0.3) is 0 Å². The van der Waals surface area contributed by atoms with E-state index in [1.54, 1.807) is 12.1 Å². The van der Waals surface area contributed by atoms with Crippen LogP contribution in [-0.2, 0) is 19.6 Å². The van der Waals surface area contributed by atoms with Crippen molar-refractivity contribution in [3.8, 4) is 0 Å². The lowest BCUT2D eigenvalue weighted by Crippen LogP contribution is -2.51. The summed E-state index contributed by atoms with van der Waals surface area (Å²) in [6.07, 6.45) is 2.52. The Hall–Kier alpha value is -1.19. The van der Waals surface area contributed by atoms with Crippen molar-refractivity contribution >= 4 is 27.5 Å². The first-order valence-corrected chi connectivity index (χ1v) is 12.0. The normalized spacial score (nSPS) is 26.0. The minimum Gasteiger partial charge on any atom is -0.373 e. The van der Waals surface area contributed by atoms with Gasteiger partial charge in [0.05, 0.1) is 17.1 Å². The minimum atomic E-state index is -3.68. The second-order valence-corrected chi connectivity index (χ2v) is 10.2. The molecule has 7 nitrogen and oxygen atoms in total. The third-order valence-corrected chi connectivity index (χ3v) is 7.09. The van der Waals surface area contributed by atoms with E-state index in [9.17, 15) is 13.2 Å². The summed E-state index contributed by atoms with van der Waals surface area (Å²) in [7, 11) is -3.68. The molecule has 0 bridgehead atoms. The summed E-state index contributed by atoms with van der Waals surface area (Å²) in [5.41, 5.74) is 0. The highest BCUT2D eigenvalue weighted by Gasteiger charge is 2.32. The molecule has 0 saturated carbocycles. The monoisotopic (exact) mass is 443 g/mol. The fraction of sp³-hybridized carbons (Fsp3) is 0.650. The summed E-state index contributed by atoms with van der Waals surface area (Å²) >= 11 is 5.87. The fourth-order valence-corrected chi connectivity index (χ4v) is 5.57. The SMILES string of the molecule is C[C@@H]1CN(C[C@H]2CCCN2C(=O)CCNS(=O)(=O)c2cccc(Cl)c2)C[C@H](C)O1. The maximum atomic E-state index is 12.7. The zero-order valence-corrected chi connectivity index (χ0v) is 18.6. The summed E-state index contributed by atoms with van der Waals surface area (Å²) in [4.78, 5) is 17.1. The van der Waals surface area contributed by atoms with E-state index in [1.165, 1.54) is 12.1 Å². The van der Waals surface area contributed by atoms with E-state index in [2.05, 4.69) is 23.5 Å². The quantitative estimate of drug-likeness (QED) is 0.698. The number of ether oxygens (including phenoxy) is 1. The van der Waals surface area contributed by atoms with Gasteiger partial charge in [0, 0.05) is 50.2 Å². The minimum absolute atomic E-state index is 0.00403. The third-order valence-electron chi connectivity index (χ3n) is 5.40. The zero-order chi connectivity index (χ0) is 21.0. The van der Waals surface area contributed by atoms with Gasteiger partial charge in [-0.25, -0.2) is 13.1 Å². The topological polar surface area (TPSA) is 79.0 Å². The largest absolute Gasteiger partial charge is 0.373 e. The lowest BCUT2D eigenvalue weighted by Gasteiger charge is -2.38. The summed E-state index contributed by atoms with van der Waals surface area (Å²) in [5.74, 6) is -0.00403. The van der Waals surface area contributed by atoms with Crippen LogP contribution in [0.5, 0.6) is 0 Å². The van der Waals surface area contributed by atoms with Gasteiger partial charge in [-0.1, -0.05) is 17.7 Å². The smallest absolute Gasteiger partial charge is 0.240 e. The van der Waals surface area contributed by atoms with Crippen molar-refractivity contribution in [2.24, 2.45) is 0 Å². The van der Waals surface area contributed by atoms with Crippen molar-refractivity contribution in [2.45, 2.75) is 56.3 Å². The molecule has 1 aromatic rings. The Morgan fingerprint density at radius 3 is 2.69 bits per heavy atom. The molecule has 1 aromatic carbocycles. The molecule has 2 aliphatic heterocycles. The number of hydrogen-bond acceptors (Lipinski definition) is 5. The van der Waals surface area contributed by atoms with Crippen LogP contribution < -0.4 is 4.72 Å². The van der Waals surface area contributed by atoms with E-state index in [1.807, 2.05) is 4.90 Å². The van der Waals surface area contributed by atoms with Crippen molar-refractivity contribution in [2.75, 3.05) is 32.7 Å². The number of halogens is 1. The van der Waals surface area contributed by atoms with Gasteiger partial charge in [0.15, 0.2) is 0 Å². The number of likely N-dealkylation sites (tertiary alicyclic amines) is 1. The fourth-order valence-electron chi connectivity index (χ4n) is 4.24. The molecule has 2 fully saturated rings. The number of benzene rings is 1. The molecule has 1 N–H and O–H groups in total. The van der Waals surface area contributed by atoms with Gasteiger partial charge in [0.2, 0.25) is 15.9 Å². The highest BCUT2D eigenvalue weighted by atomic mass is 35.5. The molecule has 0 unspecified atom stereocenters. The molecule has 1 amide bonds. The van der Waals surface area contributed by atoms with E-state index in [0.717, 1.165) is 39.0 Å². The number of nitrogens with zero attached hydrogens (tertiary/aromatic N) is 2. The Kier molecular flexibility index (Phi) is 7.56. The Labute approximate surface area is 178 Å². The average molecular weight is 444 g/mol. The molecule has 0 radical (unpaired) electrons. The van der Waals surface area contributed by atoms with Crippen LogP contribution in [-0.4, -0.2) is 75.1 Å². The van der Waals surface area contributed by atoms with Crippen molar-refractivity contribution in [3.05, 3.63) is 29.3 Å². The van der Waals surface area contributed by atoms with Crippen molar-refractivity contribution in [1.82, 2.24) is 14.5 Å². The van der Waals surface area contributed by atoms with Gasteiger partial charge in [-0.3, -0.25) is 9.69 Å². The molecule has 2 heterocycles. The van der Waals surface area contributed by atoms with E-state index in [0.29, 0.717) is 5.02 Å². The second-order valence-electron chi connectivity index (χ2n) is 7.96. The van der Waals surface area contributed by atoms with Crippen LogP contribution in [0.3, 0.4) is 0 Å². The molecular weight excluding hydrogens is 414 g/mol. The van der Waals surface area contributed by atoms with Crippen LogP contribution in [0.4, 0.5) is 0 Å². The Bertz CT molecular complexity index is 810. The number of hydrogen-bond donors (Lipinski definition) is 1. The predicted molar refractivity (Wildman–Crippen MR) is 112 cm³/mol. The Morgan fingerprint density at radius 1 is 1.28 bits per heavy atom. The van der Waals surface area contributed by atoms with Gasteiger partial charge in [-0.05, 0) is 44.9 Å². The molecule has 3 rings (SSSR count). The van der Waals surface area contributed by atoms with Crippen molar-refractivity contribution < 1.29 is 17.9 Å². The molecular formula is C20H30ClN3O4S. The molecule has 0 aromatic heterocycles. The van der Waals surface area contributed by atoms with Gasteiger partial charge < -0.3 is 9.64 Å². The number of morpholine rings is 1. The first kappa shape index (κ1) is 22.5. The van der Waals surface area contributed by atoms with Crippen molar-refractivity contribution in [3.63, 3.8) is 0 Å². The molecule has 2 aliphatic rings. The summed E-state index contributed by atoms with van der Waals surface area (Å²) in [5, 5.41) is 0.357. The number of nitrogens with one attached hydrogen (secondary N) is 1. The summed E-state index contributed by atoms with van der Waals surface area (Å²) in [6, 6.07) is 6.27. The molecule has 29 heavy (non-hydrogen) atoms. The van der Waals surface area contributed by atoms with E-state index in [-0.39, 0.29) is 42.0 Å². The van der Waals surface area contributed by atoms with E-state index < -0.39 is 10.0 Å². The van der Waals surface area contributed by atoms with Crippen molar-refractivity contribution in [1.29, 1.82) is 0 Å². The third kappa shape index (κ3) is 6.15. The average Bonchev–Trinajstić information content (AvgIpc) is 3.09. The van der Waals surface area contributed by atoms with Crippen LogP contribution in [0.25, 0.3) is 0 Å². The van der Waals surface area contributed by atoms with Gasteiger partial charge in [0.1, 0.15) is 0 Å². The first-order chi connectivity index (χ1) is 13.7. The van der Waals surface area contributed by atoms with Crippen LogP contribution >= 0.6 is 11.6 Å². The molecule has 9 heteroatoms. The molecule has 0 spiro atoms. The van der Waals surface area contributed by atoms with E-state index in [4.69, 9.17) is 16.3 Å². The zero-order valence-electron chi connectivity index (χ0n) is 17.0.